The van der Waals surface area contributed by atoms with Gasteiger partial charge in [0.25, 0.3) is 0 Å². The van der Waals surface area contributed by atoms with Crippen molar-refractivity contribution in [2.24, 2.45) is 0 Å². The fourth-order valence-electron chi connectivity index (χ4n) is 3.34. The third-order valence-electron chi connectivity index (χ3n) is 5.23. The minimum atomic E-state index is 0.246. The molecule has 0 fully saturated rings. The normalized spacial score (nSPS) is 9.74. The van der Waals surface area contributed by atoms with Crippen LogP contribution in [0.15, 0.2) is 121 Å². The molecular formula is C32H29AlN2O3. The van der Waals surface area contributed by atoms with Crippen LogP contribution in [-0.2, 0) is 0 Å². The van der Waals surface area contributed by atoms with E-state index in [4.69, 9.17) is 5.11 Å². The second kappa shape index (κ2) is 14.4. The lowest BCUT2D eigenvalue weighted by Gasteiger charge is -1.99. The van der Waals surface area contributed by atoms with Gasteiger partial charge < -0.3 is 15.3 Å². The van der Waals surface area contributed by atoms with Gasteiger partial charge in [-0.1, -0.05) is 84.9 Å². The maximum absolute atomic E-state index is 9.43. The van der Waals surface area contributed by atoms with Gasteiger partial charge in [0.2, 0.25) is 0 Å². The van der Waals surface area contributed by atoms with Crippen LogP contribution in [0.5, 0.6) is 17.2 Å². The zero-order valence-corrected chi connectivity index (χ0v) is 22.5. The first-order chi connectivity index (χ1) is 18.3. The molecule has 38 heavy (non-hydrogen) atoms. The molecule has 6 rings (SSSR count). The van der Waals surface area contributed by atoms with Gasteiger partial charge in [0.1, 0.15) is 28.3 Å². The van der Waals surface area contributed by atoms with E-state index in [9.17, 15) is 10.2 Å². The number of para-hydroxylation sites is 3. The monoisotopic (exact) mass is 516 g/mol. The summed E-state index contributed by atoms with van der Waals surface area (Å²) in [5.74, 6) is 0.815. The largest absolute Gasteiger partial charge is 0.508 e. The fourth-order valence-corrected chi connectivity index (χ4v) is 3.56. The highest BCUT2D eigenvalue weighted by Gasteiger charge is 2.00. The lowest BCUT2D eigenvalue weighted by molar-refractivity contribution is 0.475. The molecule has 0 spiro atoms. The van der Waals surface area contributed by atoms with Crippen molar-refractivity contribution < 1.29 is 15.3 Å². The van der Waals surface area contributed by atoms with E-state index in [1.165, 1.54) is 4.43 Å². The number of hydrogen-bond donors (Lipinski definition) is 3. The Morgan fingerprint density at radius 1 is 0.474 bits per heavy atom. The topological polar surface area (TPSA) is 86.5 Å². The van der Waals surface area contributed by atoms with Crippen LogP contribution >= 0.6 is 0 Å². The number of fused-ring (bicyclic) bond motifs is 2. The highest BCUT2D eigenvalue weighted by Crippen LogP contribution is 2.22. The second-order valence-electron chi connectivity index (χ2n) is 8.35. The molecule has 2 heterocycles. The van der Waals surface area contributed by atoms with Gasteiger partial charge in [-0.2, -0.15) is 0 Å². The van der Waals surface area contributed by atoms with E-state index in [2.05, 4.69) is 26.3 Å². The van der Waals surface area contributed by atoms with Crippen LogP contribution in [-0.4, -0.2) is 41.6 Å². The van der Waals surface area contributed by atoms with Gasteiger partial charge in [-0.05, 0) is 50.2 Å². The third-order valence-corrected chi connectivity index (χ3v) is 5.62. The number of pyridine rings is 2. The van der Waals surface area contributed by atoms with Gasteiger partial charge in [-0.25, -0.2) is 9.97 Å². The standard InChI is InChI=1S/2C10H9NO.C6H6O.C6H5.Al/c2*1-7-5-6-8-3-2-4-9(12)10(8)11-7;7-6-4-2-1-3-5-6;1-2-4-6-5-3-1;/h2*2-6,12H,1H3;1-5,7H;1-5H;. The minimum Gasteiger partial charge on any atom is -0.508 e. The molecule has 0 bridgehead atoms. The van der Waals surface area contributed by atoms with Crippen molar-refractivity contribution in [3.05, 3.63) is 133 Å². The molecule has 0 aliphatic carbocycles. The summed E-state index contributed by atoms with van der Waals surface area (Å²) in [6.07, 6.45) is 0. The van der Waals surface area contributed by atoms with Crippen LogP contribution in [0, 0.1) is 13.8 Å². The molecule has 0 saturated heterocycles. The van der Waals surface area contributed by atoms with Crippen molar-refractivity contribution in [2.75, 3.05) is 0 Å². The summed E-state index contributed by atoms with van der Waals surface area (Å²) in [7, 11) is 0. The predicted octanol–water partition coefficient (Wildman–Crippen LogP) is 6.37. The van der Waals surface area contributed by atoms with Crippen LogP contribution in [0.1, 0.15) is 11.4 Å². The number of phenolic OH excluding ortho intramolecular Hbond substituents is 3. The molecular weight excluding hydrogens is 487 g/mol. The van der Waals surface area contributed by atoms with Crippen LogP contribution in [0.3, 0.4) is 0 Å². The van der Waals surface area contributed by atoms with Gasteiger partial charge >= 0.3 is 0 Å². The Labute approximate surface area is 231 Å². The summed E-state index contributed by atoms with van der Waals surface area (Å²) in [6.45, 7) is 3.82. The maximum Gasteiger partial charge on any atom is 0.175 e. The highest BCUT2D eigenvalue weighted by molar-refractivity contribution is 6.32. The summed E-state index contributed by atoms with van der Waals surface area (Å²) < 4.78 is 1.24. The molecule has 6 aromatic rings. The first-order valence-electron chi connectivity index (χ1n) is 12.0. The minimum absolute atomic E-state index is 0.246. The number of phenols is 3. The van der Waals surface area contributed by atoms with Crippen LogP contribution in [0.25, 0.3) is 21.8 Å². The molecule has 5 nitrogen and oxygen atoms in total. The molecule has 0 aliphatic heterocycles. The van der Waals surface area contributed by atoms with E-state index >= 15 is 0 Å². The van der Waals surface area contributed by atoms with Gasteiger partial charge in [-0.15, -0.1) is 4.43 Å². The number of aromatic hydroxyl groups is 3. The predicted molar refractivity (Wildman–Crippen MR) is 156 cm³/mol. The van der Waals surface area contributed by atoms with Gasteiger partial charge in [0.15, 0.2) is 16.3 Å². The van der Waals surface area contributed by atoms with E-state index in [-0.39, 0.29) is 11.5 Å². The van der Waals surface area contributed by atoms with Crippen LogP contribution in [0.2, 0.25) is 0 Å². The SMILES string of the molecule is Cc1ccc2cccc(O)c2n1.Cc1ccc2cccc(O)c2n1.Oc1ccccc1.[Al][c]1ccccc1. The number of rotatable bonds is 0. The zero-order valence-electron chi connectivity index (χ0n) is 21.4. The van der Waals surface area contributed by atoms with Crippen molar-refractivity contribution >= 4 is 42.5 Å². The fraction of sp³-hybridized carbons (Fsp3) is 0.0625. The first-order valence-corrected chi connectivity index (χ1v) is 12.6. The van der Waals surface area contributed by atoms with Gasteiger partial charge in [-0.3, -0.25) is 0 Å². The summed E-state index contributed by atoms with van der Waals surface area (Å²) >= 11 is 2.63. The number of benzene rings is 4. The van der Waals surface area contributed by atoms with E-state index in [0.29, 0.717) is 16.8 Å². The number of aryl methyl sites for hydroxylation is 2. The zero-order chi connectivity index (χ0) is 27.3. The molecule has 0 saturated carbocycles. The first kappa shape index (κ1) is 28.2. The van der Waals surface area contributed by atoms with Crippen LogP contribution in [0.4, 0.5) is 0 Å². The molecule has 6 heteroatoms. The second-order valence-corrected chi connectivity index (χ2v) is 9.02. The molecule has 2 aromatic heterocycles. The summed E-state index contributed by atoms with van der Waals surface area (Å²) in [6, 6.07) is 37.4. The van der Waals surface area contributed by atoms with Crippen molar-refractivity contribution in [1.29, 1.82) is 0 Å². The van der Waals surface area contributed by atoms with Crippen molar-refractivity contribution in [3.8, 4) is 17.2 Å². The Kier molecular flexibility index (Phi) is 10.7. The van der Waals surface area contributed by atoms with E-state index < -0.39 is 0 Å². The Balaban J connectivity index is 0.000000145. The molecule has 0 aliphatic rings. The Hall–Kier alpha value is -4.37. The van der Waals surface area contributed by atoms with Crippen molar-refractivity contribution in [3.63, 3.8) is 0 Å². The molecule has 3 N–H and O–H groups in total. The van der Waals surface area contributed by atoms with E-state index in [1.54, 1.807) is 36.4 Å². The molecule has 0 atom stereocenters. The lowest BCUT2D eigenvalue weighted by Crippen LogP contribution is -1.97. The molecule has 4 aromatic carbocycles. The average molecular weight is 517 g/mol. The molecule has 0 unspecified atom stereocenters. The third kappa shape index (κ3) is 8.94. The van der Waals surface area contributed by atoms with Gasteiger partial charge in [0.05, 0.1) is 0 Å². The number of aromatic nitrogens is 2. The smallest absolute Gasteiger partial charge is 0.175 e. The molecule has 0 amide bonds. The maximum atomic E-state index is 9.43. The summed E-state index contributed by atoms with van der Waals surface area (Å²) in [4.78, 5) is 8.45. The van der Waals surface area contributed by atoms with E-state index in [1.807, 2.05) is 98.8 Å². The van der Waals surface area contributed by atoms with Crippen molar-refractivity contribution in [2.45, 2.75) is 13.8 Å². The number of hydrogen-bond acceptors (Lipinski definition) is 5. The molecule has 188 valence electrons. The lowest BCUT2D eigenvalue weighted by atomic mass is 10.2. The summed E-state index contributed by atoms with van der Waals surface area (Å²) in [5, 5.41) is 29.4. The average Bonchev–Trinajstić information content (AvgIpc) is 2.92. The quantitative estimate of drug-likeness (QED) is 0.204. The Morgan fingerprint density at radius 3 is 1.24 bits per heavy atom. The van der Waals surface area contributed by atoms with E-state index in [0.717, 1.165) is 22.2 Å². The molecule has 2 radical (unpaired) electrons. The van der Waals surface area contributed by atoms with Crippen LogP contribution < -0.4 is 4.43 Å². The Morgan fingerprint density at radius 2 is 0.895 bits per heavy atom. The summed E-state index contributed by atoms with van der Waals surface area (Å²) in [5.41, 5.74) is 3.20. The van der Waals surface area contributed by atoms with Crippen molar-refractivity contribution in [1.82, 2.24) is 9.97 Å². The van der Waals surface area contributed by atoms with Gasteiger partial charge in [0, 0.05) is 22.2 Å². The number of nitrogens with zero attached hydrogens (tertiary/aromatic N) is 2. The highest BCUT2D eigenvalue weighted by atomic mass is 27.0. The Bertz CT molecular complexity index is 1460.